The van der Waals surface area contributed by atoms with Gasteiger partial charge in [-0.25, -0.2) is 13.2 Å². The fraction of sp³-hybridized carbons (Fsp3) is 0.324. The molecule has 0 aliphatic carbocycles. The summed E-state index contributed by atoms with van der Waals surface area (Å²) in [6.45, 7) is 4.10. The normalized spacial score (nSPS) is 18.4. The van der Waals surface area contributed by atoms with Crippen LogP contribution in [0.15, 0.2) is 77.8 Å². The lowest BCUT2D eigenvalue weighted by Gasteiger charge is -2.38. The zero-order valence-corrected chi connectivity index (χ0v) is 27.6. The molecular weight excluding hydrogens is 638 g/mol. The van der Waals surface area contributed by atoms with Gasteiger partial charge in [0.2, 0.25) is 10.0 Å². The zero-order chi connectivity index (χ0) is 34.0. The van der Waals surface area contributed by atoms with Crippen molar-refractivity contribution in [3.63, 3.8) is 0 Å². The zero-order valence-electron chi connectivity index (χ0n) is 26.8. The highest BCUT2D eigenvalue weighted by molar-refractivity contribution is 7.89. The van der Waals surface area contributed by atoms with Crippen molar-refractivity contribution in [2.24, 2.45) is 5.92 Å². The highest BCUT2D eigenvalue weighted by atomic mass is 32.2. The van der Waals surface area contributed by atoms with Crippen LogP contribution in [0.3, 0.4) is 0 Å². The van der Waals surface area contributed by atoms with Crippen molar-refractivity contribution in [2.45, 2.75) is 30.9 Å². The van der Waals surface area contributed by atoms with Gasteiger partial charge < -0.3 is 34.9 Å². The molecule has 3 amide bonds. The number of pyridine rings is 1. The molecule has 6 rings (SSSR count). The maximum Gasteiger partial charge on any atom is 0.323 e. The van der Waals surface area contributed by atoms with Gasteiger partial charge in [0.15, 0.2) is 17.2 Å². The van der Waals surface area contributed by atoms with Crippen molar-refractivity contribution in [3.05, 3.63) is 78.5 Å². The lowest BCUT2D eigenvalue weighted by Crippen LogP contribution is -2.50. The number of amides is 3. The Bertz CT molecular complexity index is 1950. The van der Waals surface area contributed by atoms with Crippen LogP contribution in [-0.4, -0.2) is 91.8 Å². The molecule has 0 fully saturated rings. The van der Waals surface area contributed by atoms with Crippen molar-refractivity contribution in [1.82, 2.24) is 14.2 Å². The first kappa shape index (κ1) is 33.0. The molecule has 48 heavy (non-hydrogen) atoms. The highest BCUT2D eigenvalue weighted by Gasteiger charge is 2.36. The van der Waals surface area contributed by atoms with E-state index in [1.165, 1.54) is 23.5 Å². The minimum atomic E-state index is -4.01. The van der Waals surface area contributed by atoms with Crippen LogP contribution in [0.1, 0.15) is 24.2 Å². The van der Waals surface area contributed by atoms with Crippen LogP contribution in [0.5, 0.6) is 17.2 Å². The number of nitrogens with one attached hydrogen (secondary N) is 2. The molecular formula is C34H37N5O8S. The summed E-state index contributed by atoms with van der Waals surface area (Å²) in [6, 6.07) is 17.2. The average molecular weight is 676 g/mol. The Balaban J connectivity index is 1.31. The number of anilines is 2. The predicted molar refractivity (Wildman–Crippen MR) is 179 cm³/mol. The number of aromatic nitrogens is 1. The van der Waals surface area contributed by atoms with Crippen molar-refractivity contribution >= 4 is 44.2 Å². The van der Waals surface area contributed by atoms with Crippen LogP contribution in [-0.2, 0) is 10.0 Å². The second-order valence-corrected chi connectivity index (χ2v) is 13.9. The Labute approximate surface area is 278 Å². The highest BCUT2D eigenvalue weighted by Crippen LogP contribution is 2.37. The van der Waals surface area contributed by atoms with Crippen molar-refractivity contribution < 1.29 is 37.3 Å². The number of urea groups is 1. The number of hydrogen-bond acceptors (Lipinski definition) is 9. The van der Waals surface area contributed by atoms with Gasteiger partial charge in [-0.3, -0.25) is 9.78 Å². The Kier molecular flexibility index (Phi) is 9.40. The molecule has 2 aliphatic heterocycles. The smallest absolute Gasteiger partial charge is 0.323 e. The number of rotatable bonds is 8. The molecule has 13 nitrogen and oxygen atoms in total. The molecule has 252 valence electrons. The van der Waals surface area contributed by atoms with Crippen LogP contribution in [0.2, 0.25) is 0 Å². The van der Waals surface area contributed by atoms with Gasteiger partial charge >= 0.3 is 6.03 Å². The van der Waals surface area contributed by atoms with E-state index in [1.54, 1.807) is 60.5 Å². The Morgan fingerprint density at radius 3 is 2.56 bits per heavy atom. The number of nitrogens with zero attached hydrogens (tertiary/aromatic N) is 3. The number of likely N-dealkylation sites (N-methyl/N-ethyl adjacent to an activating group) is 1. The molecule has 0 saturated carbocycles. The Hall–Kier alpha value is -4.92. The second-order valence-electron chi connectivity index (χ2n) is 11.9. The summed E-state index contributed by atoms with van der Waals surface area (Å²) in [5, 5.41) is 16.4. The average Bonchev–Trinajstić information content (AvgIpc) is 3.09. The molecule has 2 aliphatic rings. The maximum absolute atomic E-state index is 13.9. The Morgan fingerprint density at radius 2 is 1.77 bits per heavy atom. The molecule has 3 N–H and O–H groups in total. The molecule has 3 heterocycles. The number of aliphatic hydroxyl groups excluding tert-OH is 1. The first-order chi connectivity index (χ1) is 23.1. The summed E-state index contributed by atoms with van der Waals surface area (Å²) in [4.78, 5) is 33.1. The summed E-state index contributed by atoms with van der Waals surface area (Å²) < 4.78 is 46.4. The molecule has 1 aromatic heterocycles. The van der Waals surface area contributed by atoms with Gasteiger partial charge in [-0.15, -0.1) is 0 Å². The number of ether oxygens (including phenoxy) is 3. The molecule has 0 unspecified atom stereocenters. The summed E-state index contributed by atoms with van der Waals surface area (Å²) >= 11 is 0. The van der Waals surface area contributed by atoms with E-state index < -0.39 is 34.1 Å². The number of aliphatic hydroxyl groups is 1. The lowest BCUT2D eigenvalue weighted by molar-refractivity contribution is 0.0389. The molecule has 0 saturated heterocycles. The molecule has 3 aromatic carbocycles. The van der Waals surface area contributed by atoms with E-state index in [9.17, 15) is 23.1 Å². The third-order valence-corrected chi connectivity index (χ3v) is 10.3. The summed E-state index contributed by atoms with van der Waals surface area (Å²) in [6.07, 6.45) is 0.900. The number of sulfonamides is 1. The third kappa shape index (κ3) is 6.59. The standard InChI is InChI=1S/C34H37N5O8S/c1-21-18-39(22(2)20-40)33(41)25-7-4-11-28(37-34(42)36-27-10-5-9-26-24(27)8-6-14-35-26)32(25)47-31(21)19-38(3)48(43,44)23-12-13-29-30(17-23)46-16-15-45-29/h4-14,17,21-22,31,40H,15-16,18-20H2,1-3H3,(H2,36,37,42)/t21-,22+,31+/m1/s1. The van der Waals surface area contributed by atoms with E-state index in [1.807, 2.05) is 19.1 Å². The van der Waals surface area contributed by atoms with Crippen LogP contribution < -0.4 is 24.8 Å². The van der Waals surface area contributed by atoms with Crippen LogP contribution in [0.25, 0.3) is 10.9 Å². The molecule has 0 spiro atoms. The van der Waals surface area contributed by atoms with Crippen molar-refractivity contribution in [3.8, 4) is 17.2 Å². The SMILES string of the molecule is C[C@@H]1CN([C@@H](C)CO)C(=O)c2cccc(NC(=O)Nc3cccc4ncccc34)c2O[C@H]1CN(C)S(=O)(=O)c1ccc2c(c1)OCCO2. The van der Waals surface area contributed by atoms with Gasteiger partial charge in [-0.2, -0.15) is 4.31 Å². The fourth-order valence-electron chi connectivity index (χ4n) is 5.76. The molecule has 14 heteroatoms. The quantitative estimate of drug-likeness (QED) is 0.249. The van der Waals surface area contributed by atoms with Gasteiger partial charge in [-0.1, -0.05) is 19.1 Å². The molecule has 3 atom stereocenters. The van der Waals surface area contributed by atoms with E-state index in [0.717, 1.165) is 5.39 Å². The predicted octanol–water partition coefficient (Wildman–Crippen LogP) is 4.19. The third-order valence-electron chi connectivity index (χ3n) is 8.49. The fourth-order valence-corrected chi connectivity index (χ4v) is 6.96. The number of fused-ring (bicyclic) bond motifs is 3. The molecule has 4 aromatic rings. The first-order valence-corrected chi connectivity index (χ1v) is 17.0. The number of benzene rings is 3. The minimum Gasteiger partial charge on any atom is -0.486 e. The van der Waals surface area contributed by atoms with E-state index in [4.69, 9.17) is 14.2 Å². The van der Waals surface area contributed by atoms with Crippen LogP contribution in [0, 0.1) is 5.92 Å². The minimum absolute atomic E-state index is 0.0292. The second kappa shape index (κ2) is 13.7. The van der Waals surface area contributed by atoms with E-state index in [0.29, 0.717) is 35.9 Å². The maximum atomic E-state index is 13.9. The summed E-state index contributed by atoms with van der Waals surface area (Å²) in [5.41, 5.74) is 1.62. The van der Waals surface area contributed by atoms with E-state index >= 15 is 0 Å². The van der Waals surface area contributed by atoms with Crippen LogP contribution >= 0.6 is 0 Å². The summed E-state index contributed by atoms with van der Waals surface area (Å²) in [5.74, 6) is 0.132. The van der Waals surface area contributed by atoms with Gasteiger partial charge in [0.05, 0.1) is 46.5 Å². The number of carbonyl (C=O) groups is 2. The van der Waals surface area contributed by atoms with E-state index in [2.05, 4.69) is 15.6 Å². The first-order valence-electron chi connectivity index (χ1n) is 15.6. The number of carbonyl (C=O) groups excluding carboxylic acids is 2. The largest absolute Gasteiger partial charge is 0.486 e. The molecule has 0 bridgehead atoms. The molecule has 0 radical (unpaired) electrons. The Morgan fingerprint density at radius 1 is 1.04 bits per heavy atom. The number of hydrogen-bond donors (Lipinski definition) is 3. The van der Waals surface area contributed by atoms with Gasteiger partial charge in [0.1, 0.15) is 19.3 Å². The monoisotopic (exact) mass is 675 g/mol. The number of para-hydroxylation sites is 1. The summed E-state index contributed by atoms with van der Waals surface area (Å²) in [7, 11) is -2.55. The van der Waals surface area contributed by atoms with Crippen molar-refractivity contribution in [2.75, 3.05) is 50.6 Å². The van der Waals surface area contributed by atoms with Gasteiger partial charge in [-0.05, 0) is 55.5 Å². The van der Waals surface area contributed by atoms with Gasteiger partial charge in [0, 0.05) is 37.2 Å². The lowest BCUT2D eigenvalue weighted by atomic mass is 9.99. The van der Waals surface area contributed by atoms with Crippen molar-refractivity contribution in [1.29, 1.82) is 0 Å². The topological polar surface area (TPSA) is 160 Å². The van der Waals surface area contributed by atoms with E-state index in [-0.39, 0.29) is 47.5 Å². The van der Waals surface area contributed by atoms with Gasteiger partial charge in [0.25, 0.3) is 5.91 Å². The van der Waals surface area contributed by atoms with Crippen LogP contribution in [0.4, 0.5) is 16.2 Å².